The van der Waals surface area contributed by atoms with Gasteiger partial charge in [0.25, 0.3) is 0 Å². The van der Waals surface area contributed by atoms with Crippen LogP contribution in [-0.4, -0.2) is 58.4 Å². The summed E-state index contributed by atoms with van der Waals surface area (Å²) in [6.45, 7) is 4.99. The van der Waals surface area contributed by atoms with E-state index in [4.69, 9.17) is 0 Å². The lowest BCUT2D eigenvalue weighted by Crippen LogP contribution is -3.00. The molecule has 1 rings (SSSR count). The van der Waals surface area contributed by atoms with Gasteiger partial charge in [-0.15, -0.1) is 0 Å². The number of rotatable bonds is 13. The zero-order chi connectivity index (χ0) is 16.2. The fourth-order valence-corrected chi connectivity index (χ4v) is 2.24. The maximum atomic E-state index is 10.7. The van der Waals surface area contributed by atoms with Crippen LogP contribution >= 0.6 is 0 Å². The zero-order valence-corrected chi connectivity index (χ0v) is 16.5. The lowest BCUT2D eigenvalue weighted by atomic mass is 10.3. The number of hydrogen-bond donors (Lipinski definition) is 4. The van der Waals surface area contributed by atoms with Crippen molar-refractivity contribution in [1.82, 2.24) is 9.55 Å². The topological polar surface area (TPSA) is 142 Å². The average Bonchev–Trinajstić information content (AvgIpc) is 2.94. The van der Waals surface area contributed by atoms with Gasteiger partial charge < -0.3 is 68.8 Å². The van der Waals surface area contributed by atoms with Crippen LogP contribution in [0.1, 0.15) is 19.3 Å². The third-order valence-corrected chi connectivity index (χ3v) is 3.43. The highest BCUT2D eigenvalue weighted by atomic mass is 35.5. The molecule has 0 amide bonds. The number of unbranched alkanes of at least 4 members (excludes halogenated alkanes) is 1. The molecule has 8 N–H and O–H groups in total. The summed E-state index contributed by atoms with van der Waals surface area (Å²) in [6.07, 6.45) is 5.72. The Morgan fingerprint density at radius 1 is 1.20 bits per heavy atom. The number of nitro groups is 1. The van der Waals surface area contributed by atoms with Crippen molar-refractivity contribution in [3.05, 3.63) is 22.5 Å². The van der Waals surface area contributed by atoms with E-state index in [0.29, 0.717) is 6.54 Å². The highest BCUT2D eigenvalue weighted by Crippen LogP contribution is 2.07. The molecule has 0 aromatic carbocycles. The minimum absolute atomic E-state index is 0. The zero-order valence-electron chi connectivity index (χ0n) is 14.2. The number of aliphatic hydroxyl groups is 1. The van der Waals surface area contributed by atoms with E-state index in [1.54, 1.807) is 0 Å². The largest absolute Gasteiger partial charge is 1.00 e. The van der Waals surface area contributed by atoms with Gasteiger partial charge in [-0.3, -0.25) is 0 Å². The summed E-state index contributed by atoms with van der Waals surface area (Å²) in [6, 6.07) is 0. The number of hydrogen-bond acceptors (Lipinski definition) is 4. The van der Waals surface area contributed by atoms with Gasteiger partial charge in [-0.05, 0) is 4.92 Å². The van der Waals surface area contributed by atoms with E-state index in [1.807, 2.05) is 0 Å². The Morgan fingerprint density at radius 2 is 1.80 bits per heavy atom. The number of quaternary nitrogens is 3. The van der Waals surface area contributed by atoms with E-state index in [0.717, 1.165) is 39.0 Å². The second-order valence-corrected chi connectivity index (χ2v) is 5.38. The Morgan fingerprint density at radius 3 is 2.40 bits per heavy atom. The molecular weight excluding hydrogens is 395 g/mol. The molecule has 0 aliphatic heterocycles. The van der Waals surface area contributed by atoms with Crippen LogP contribution in [-0.2, 0) is 6.54 Å². The standard InChI is InChI=1S/C13H26N6O3.3ClH/c14-4-3-7-15-5-1-2-6-16-10-12(20)11-18-9-8-17-13(18)19(21)22;;;/h8-9,12,15-16,20H,1-7,10-11,14H2;3*1H. The molecule has 1 aromatic heterocycles. The van der Waals surface area contributed by atoms with Crippen LogP contribution in [0.5, 0.6) is 0 Å². The first-order valence-electron chi connectivity index (χ1n) is 7.91. The summed E-state index contributed by atoms with van der Waals surface area (Å²) in [5.41, 5.74) is 3.81. The van der Waals surface area contributed by atoms with Crippen LogP contribution < -0.4 is 53.6 Å². The number of nitrogens with two attached hydrogens (primary N) is 2. The predicted octanol–water partition coefficient (Wildman–Crippen LogP) is -12.3. The summed E-state index contributed by atoms with van der Waals surface area (Å²) in [5.74, 6) is -0.225. The first kappa shape index (κ1) is 29.1. The number of imidazole rings is 1. The van der Waals surface area contributed by atoms with Crippen LogP contribution in [0, 0.1) is 10.1 Å². The second-order valence-electron chi connectivity index (χ2n) is 5.38. The van der Waals surface area contributed by atoms with Gasteiger partial charge in [0.15, 0.2) is 0 Å². The van der Waals surface area contributed by atoms with Crippen LogP contribution in [0.2, 0.25) is 0 Å². The molecule has 0 radical (unpaired) electrons. The van der Waals surface area contributed by atoms with Crippen molar-refractivity contribution in [2.75, 3.05) is 32.7 Å². The molecule has 0 saturated heterocycles. The molecule has 1 atom stereocenters. The predicted molar refractivity (Wildman–Crippen MR) is 79.8 cm³/mol. The van der Waals surface area contributed by atoms with Crippen molar-refractivity contribution < 1.29 is 63.6 Å². The highest BCUT2D eigenvalue weighted by Gasteiger charge is 2.18. The van der Waals surface area contributed by atoms with E-state index < -0.39 is 11.0 Å². The monoisotopic (exact) mass is 422 g/mol. The van der Waals surface area contributed by atoms with Crippen molar-refractivity contribution in [1.29, 1.82) is 0 Å². The van der Waals surface area contributed by atoms with E-state index in [-0.39, 0.29) is 49.7 Å². The Labute approximate surface area is 166 Å². The lowest BCUT2D eigenvalue weighted by Gasteiger charge is -2.09. The molecular formula is C13H29Cl3N6O3. The molecule has 1 heterocycles. The van der Waals surface area contributed by atoms with Gasteiger partial charge in [-0.2, -0.15) is 0 Å². The maximum Gasteiger partial charge on any atom is 0.434 e. The van der Waals surface area contributed by atoms with Gasteiger partial charge in [0.2, 0.25) is 0 Å². The number of nitrogens with zero attached hydrogens (tertiary/aromatic N) is 3. The van der Waals surface area contributed by atoms with Gasteiger partial charge in [-0.1, -0.05) is 4.98 Å². The molecule has 150 valence electrons. The summed E-state index contributed by atoms with van der Waals surface area (Å²) in [4.78, 5) is 13.8. The Bertz CT molecular complexity index is 439. The molecule has 0 bridgehead atoms. The Hall–Kier alpha value is -0.680. The van der Waals surface area contributed by atoms with Crippen molar-refractivity contribution >= 4 is 5.95 Å². The number of halogens is 3. The van der Waals surface area contributed by atoms with E-state index >= 15 is 0 Å². The third kappa shape index (κ3) is 13.2. The Balaban J connectivity index is -0.00000161. The summed E-state index contributed by atoms with van der Waals surface area (Å²) in [7, 11) is 0. The second kappa shape index (κ2) is 18.1. The third-order valence-electron chi connectivity index (χ3n) is 3.43. The number of aliphatic hydroxyl groups excluding tert-OH is 1. The smallest absolute Gasteiger partial charge is 0.434 e. The minimum Gasteiger partial charge on any atom is -1.00 e. The highest BCUT2D eigenvalue weighted by molar-refractivity contribution is 5.06. The molecule has 0 aliphatic rings. The van der Waals surface area contributed by atoms with Crippen molar-refractivity contribution in [3.8, 4) is 0 Å². The molecule has 12 heteroatoms. The fraction of sp³-hybridized carbons (Fsp3) is 0.769. The van der Waals surface area contributed by atoms with Gasteiger partial charge in [0.1, 0.15) is 31.6 Å². The normalized spacial score (nSPS) is 11.0. The van der Waals surface area contributed by atoms with Gasteiger partial charge in [0.05, 0.1) is 26.2 Å². The van der Waals surface area contributed by atoms with Crippen molar-refractivity contribution in [2.24, 2.45) is 0 Å². The van der Waals surface area contributed by atoms with Crippen LogP contribution in [0.15, 0.2) is 12.4 Å². The first-order chi connectivity index (χ1) is 10.6. The van der Waals surface area contributed by atoms with Gasteiger partial charge in [-0.25, -0.2) is 4.57 Å². The first-order valence-corrected chi connectivity index (χ1v) is 7.91. The lowest BCUT2D eigenvalue weighted by molar-refractivity contribution is -0.669. The fourth-order valence-electron chi connectivity index (χ4n) is 2.24. The molecule has 0 saturated carbocycles. The number of aromatic nitrogens is 2. The van der Waals surface area contributed by atoms with Crippen molar-refractivity contribution in [2.45, 2.75) is 31.9 Å². The summed E-state index contributed by atoms with van der Waals surface area (Å²) < 4.78 is 1.37. The van der Waals surface area contributed by atoms with E-state index in [2.05, 4.69) is 21.4 Å². The summed E-state index contributed by atoms with van der Waals surface area (Å²) >= 11 is 0. The van der Waals surface area contributed by atoms with E-state index in [1.165, 1.54) is 23.4 Å². The van der Waals surface area contributed by atoms with Gasteiger partial charge in [0, 0.05) is 19.3 Å². The minimum atomic E-state index is -0.614. The molecule has 25 heavy (non-hydrogen) atoms. The Kier molecular flexibility index (Phi) is 21.1. The van der Waals surface area contributed by atoms with Gasteiger partial charge >= 0.3 is 5.95 Å². The molecule has 1 unspecified atom stereocenters. The van der Waals surface area contributed by atoms with Crippen LogP contribution in [0.3, 0.4) is 0 Å². The maximum absolute atomic E-state index is 10.7. The molecule has 0 aliphatic carbocycles. The molecule has 9 nitrogen and oxygen atoms in total. The van der Waals surface area contributed by atoms with E-state index in [9.17, 15) is 15.2 Å². The van der Waals surface area contributed by atoms with Crippen molar-refractivity contribution in [3.63, 3.8) is 0 Å². The molecule has 1 aromatic rings. The van der Waals surface area contributed by atoms with Crippen LogP contribution in [0.4, 0.5) is 5.95 Å². The summed E-state index contributed by atoms with van der Waals surface area (Å²) in [5, 5.41) is 25.0. The quantitative estimate of drug-likeness (QED) is 0.142. The average molecular weight is 424 g/mol. The molecule has 0 spiro atoms. The molecule has 0 fully saturated rings. The van der Waals surface area contributed by atoms with Crippen LogP contribution in [0.25, 0.3) is 0 Å². The SMILES string of the molecule is [Cl-].[Cl-].[Cl-].[NH3+]CCC[NH2+]CCCC[NH2+]CC(O)Cn1ccnc1[N+](=O)[O-].